The van der Waals surface area contributed by atoms with E-state index < -0.39 is 0 Å². The molecule has 0 spiro atoms. The van der Waals surface area contributed by atoms with Gasteiger partial charge in [-0.2, -0.15) is 0 Å². The van der Waals surface area contributed by atoms with Gasteiger partial charge in [0.25, 0.3) is 0 Å². The Labute approximate surface area is 202 Å². The average molecular weight is 601 g/mol. The third-order valence-electron chi connectivity index (χ3n) is 7.32. The van der Waals surface area contributed by atoms with Crippen LogP contribution in [0.3, 0.4) is 0 Å². The Bertz CT molecular complexity index is 713. The Morgan fingerprint density at radius 1 is 0.871 bits per heavy atom. The second kappa shape index (κ2) is 11.2. The van der Waals surface area contributed by atoms with Crippen molar-refractivity contribution in [3.8, 4) is 11.3 Å². The number of hydrogen-bond acceptors (Lipinski definition) is 3. The molecular formula is C27H38IrNO2-. The van der Waals surface area contributed by atoms with Gasteiger partial charge in [0.1, 0.15) is 0 Å². The van der Waals surface area contributed by atoms with Crippen LogP contribution in [-0.2, 0) is 20.1 Å². The molecule has 4 rings (SSSR count). The van der Waals surface area contributed by atoms with Crippen LogP contribution < -0.4 is 0 Å². The van der Waals surface area contributed by atoms with E-state index >= 15 is 0 Å². The summed E-state index contributed by atoms with van der Waals surface area (Å²) in [4.78, 5) is 4.22. The molecule has 31 heavy (non-hydrogen) atoms. The summed E-state index contributed by atoms with van der Waals surface area (Å²) in [5.41, 5.74) is 1.90. The van der Waals surface area contributed by atoms with E-state index in [2.05, 4.69) is 38.7 Å². The molecule has 2 aliphatic carbocycles. The molecule has 1 heterocycles. The van der Waals surface area contributed by atoms with E-state index in [-0.39, 0.29) is 49.1 Å². The van der Waals surface area contributed by atoms with Crippen LogP contribution in [0, 0.1) is 28.7 Å². The first-order valence-electron chi connectivity index (χ1n) is 11.5. The van der Waals surface area contributed by atoms with Crippen molar-refractivity contribution in [1.82, 2.24) is 4.98 Å². The number of hydrogen-bond donors (Lipinski definition) is 2. The summed E-state index contributed by atoms with van der Waals surface area (Å²) in [5, 5.41) is 21.6. The van der Waals surface area contributed by atoms with E-state index in [9.17, 15) is 10.2 Å². The van der Waals surface area contributed by atoms with Crippen LogP contribution in [0.15, 0.2) is 48.7 Å². The summed E-state index contributed by atoms with van der Waals surface area (Å²) in [6.07, 6.45) is 7.96. The van der Waals surface area contributed by atoms with Gasteiger partial charge in [-0.05, 0) is 54.2 Å². The van der Waals surface area contributed by atoms with Gasteiger partial charge < -0.3 is 15.2 Å². The molecule has 2 atom stereocenters. The first-order chi connectivity index (χ1) is 14.2. The minimum atomic E-state index is -0.364. The smallest absolute Gasteiger partial charge is 0.0646 e. The molecule has 1 aromatic heterocycles. The molecule has 0 bridgehead atoms. The summed E-state index contributed by atoms with van der Waals surface area (Å²) in [5.74, 6) is 0.582. The van der Waals surface area contributed by atoms with Crippen LogP contribution in [0.5, 0.6) is 0 Å². The maximum Gasteiger partial charge on any atom is 0.0646 e. The zero-order valence-corrected chi connectivity index (χ0v) is 21.7. The minimum Gasteiger partial charge on any atom is -0.392 e. The monoisotopic (exact) mass is 601 g/mol. The van der Waals surface area contributed by atoms with Gasteiger partial charge in [-0.15, -0.1) is 35.9 Å². The molecule has 2 N–H and O–H groups in total. The number of fused-ring (bicyclic) bond motifs is 1. The topological polar surface area (TPSA) is 53.4 Å². The van der Waals surface area contributed by atoms with Gasteiger partial charge in [0, 0.05) is 32.2 Å². The summed E-state index contributed by atoms with van der Waals surface area (Å²) in [6, 6.07) is 16.8. The van der Waals surface area contributed by atoms with Crippen LogP contribution in [-0.4, -0.2) is 27.4 Å². The predicted molar refractivity (Wildman–Crippen MR) is 123 cm³/mol. The largest absolute Gasteiger partial charge is 0.392 e. The summed E-state index contributed by atoms with van der Waals surface area (Å²) in [6.45, 7) is 8.63. The summed E-state index contributed by atoms with van der Waals surface area (Å²) < 4.78 is 0. The first-order valence-corrected chi connectivity index (χ1v) is 11.5. The van der Waals surface area contributed by atoms with Gasteiger partial charge in [0.05, 0.1) is 12.2 Å². The Hall–Kier alpha value is -1.06. The van der Waals surface area contributed by atoms with Crippen molar-refractivity contribution in [2.45, 2.75) is 78.4 Å². The number of benzene rings is 1. The van der Waals surface area contributed by atoms with E-state index in [4.69, 9.17) is 0 Å². The molecule has 0 saturated heterocycles. The molecule has 0 aliphatic heterocycles. The van der Waals surface area contributed by atoms with Crippen LogP contribution >= 0.6 is 0 Å². The van der Waals surface area contributed by atoms with Crippen molar-refractivity contribution in [2.75, 3.05) is 0 Å². The number of aromatic nitrogens is 1. The molecule has 3 nitrogen and oxygen atoms in total. The molecule has 1 radical (unpaired) electrons. The van der Waals surface area contributed by atoms with E-state index in [0.29, 0.717) is 5.92 Å². The second-order valence-corrected chi connectivity index (χ2v) is 10.5. The van der Waals surface area contributed by atoms with Gasteiger partial charge in [0.2, 0.25) is 0 Å². The number of aliphatic hydroxyl groups is 2. The van der Waals surface area contributed by atoms with Crippen LogP contribution in [0.1, 0.15) is 66.2 Å². The fraction of sp³-hybridized carbons (Fsp3) is 0.593. The van der Waals surface area contributed by atoms with E-state index in [1.807, 2.05) is 42.5 Å². The van der Waals surface area contributed by atoms with Crippen molar-refractivity contribution >= 4 is 0 Å². The molecule has 2 fully saturated rings. The molecular weight excluding hydrogens is 563 g/mol. The van der Waals surface area contributed by atoms with Crippen LogP contribution in [0.4, 0.5) is 0 Å². The van der Waals surface area contributed by atoms with Crippen molar-refractivity contribution in [3.63, 3.8) is 0 Å². The maximum absolute atomic E-state index is 10.8. The molecule has 1 aromatic carbocycles. The molecule has 2 unspecified atom stereocenters. The standard InChI is InChI=1S/C16H30O2.C11H8N.Ir/c1-15(2)9-5-7-11-8-6-10-16(3,4)14(18)12(11)13(15)17;1-2-6-10(7-3-1)11-8-4-5-9-12-11;/h11-14,17-18H,5-10H2,1-4H3;1-6,8-9H;/q;-1;. The Morgan fingerprint density at radius 2 is 1.45 bits per heavy atom. The van der Waals surface area contributed by atoms with E-state index in [1.54, 1.807) is 6.20 Å². The molecule has 4 heteroatoms. The van der Waals surface area contributed by atoms with Crippen LogP contribution in [0.25, 0.3) is 11.3 Å². The van der Waals surface area contributed by atoms with Crippen molar-refractivity contribution in [3.05, 3.63) is 54.7 Å². The Morgan fingerprint density at radius 3 is 1.94 bits per heavy atom. The van der Waals surface area contributed by atoms with Crippen LogP contribution in [0.2, 0.25) is 0 Å². The maximum atomic E-state index is 10.8. The molecule has 2 aromatic rings. The van der Waals surface area contributed by atoms with Gasteiger partial charge in [-0.25, -0.2) is 0 Å². The van der Waals surface area contributed by atoms with E-state index in [1.165, 1.54) is 25.7 Å². The minimum absolute atomic E-state index is 0. The van der Waals surface area contributed by atoms with Crippen molar-refractivity contribution < 1.29 is 30.3 Å². The molecule has 2 aliphatic rings. The Balaban J connectivity index is 0.000000229. The number of pyridine rings is 1. The third-order valence-corrected chi connectivity index (χ3v) is 7.32. The van der Waals surface area contributed by atoms with Crippen molar-refractivity contribution in [1.29, 1.82) is 0 Å². The van der Waals surface area contributed by atoms with Crippen molar-refractivity contribution in [2.24, 2.45) is 22.7 Å². The number of rotatable bonds is 1. The number of aliphatic hydroxyl groups excluding tert-OH is 2. The fourth-order valence-electron chi connectivity index (χ4n) is 5.27. The molecule has 2 saturated carbocycles. The third kappa shape index (κ3) is 6.48. The van der Waals surface area contributed by atoms with Gasteiger partial charge >= 0.3 is 0 Å². The average Bonchev–Trinajstić information content (AvgIpc) is 2.92. The first kappa shape index (κ1) is 26.2. The van der Waals surface area contributed by atoms with Gasteiger partial charge in [-0.3, -0.25) is 0 Å². The second-order valence-electron chi connectivity index (χ2n) is 10.5. The molecule has 0 amide bonds. The summed E-state index contributed by atoms with van der Waals surface area (Å²) in [7, 11) is 0. The number of nitrogens with zero attached hydrogens (tertiary/aromatic N) is 1. The zero-order valence-electron chi connectivity index (χ0n) is 19.3. The van der Waals surface area contributed by atoms with Gasteiger partial charge in [0.15, 0.2) is 0 Å². The van der Waals surface area contributed by atoms with Gasteiger partial charge in [-0.1, -0.05) is 52.7 Å². The SMILES string of the molecule is CC1(C)CCCC2CCCC(C)(C)C(O)C2C1O.[Ir].[c-]1ccccc1-c1ccccn1. The zero-order chi connectivity index (χ0) is 21.8. The molecule has 173 valence electrons. The predicted octanol–water partition coefficient (Wildman–Crippen LogP) is 5.91. The fourth-order valence-corrected chi connectivity index (χ4v) is 5.27. The Kier molecular flexibility index (Phi) is 9.45. The summed E-state index contributed by atoms with van der Waals surface area (Å²) >= 11 is 0. The van der Waals surface area contributed by atoms with E-state index in [0.717, 1.165) is 24.1 Å². The quantitative estimate of drug-likeness (QED) is 0.401. The normalized spacial score (nSPS) is 29.1.